The number of fused-ring (bicyclic) bond motifs is 1. The molecule has 130 valence electrons. The van der Waals surface area contributed by atoms with Crippen molar-refractivity contribution in [1.82, 2.24) is 10.2 Å². The molecule has 2 saturated heterocycles. The van der Waals surface area contributed by atoms with Crippen molar-refractivity contribution >= 4 is 30.7 Å². The average molecular weight is 352 g/mol. The van der Waals surface area contributed by atoms with Gasteiger partial charge < -0.3 is 16.0 Å². The molecular weight excluding hydrogens is 321 g/mol. The number of halogens is 2. The summed E-state index contributed by atoms with van der Waals surface area (Å²) in [6.07, 6.45) is 9.13. The van der Waals surface area contributed by atoms with Crippen molar-refractivity contribution in [2.75, 3.05) is 13.1 Å². The Hall–Kier alpha value is -0.0300. The highest BCUT2D eigenvalue weighted by atomic mass is 35.5. The number of nitrogens with one attached hydrogen (secondary N) is 1. The van der Waals surface area contributed by atoms with Crippen LogP contribution in [0.5, 0.6) is 0 Å². The minimum Gasteiger partial charge on any atom is -0.353 e. The molecule has 22 heavy (non-hydrogen) atoms. The molecule has 0 aromatic carbocycles. The van der Waals surface area contributed by atoms with Crippen LogP contribution in [0.25, 0.3) is 0 Å². The first-order chi connectivity index (χ1) is 9.56. The molecule has 0 radical (unpaired) electrons. The van der Waals surface area contributed by atoms with E-state index in [0.29, 0.717) is 12.1 Å². The lowest BCUT2D eigenvalue weighted by Crippen LogP contribution is -2.56. The van der Waals surface area contributed by atoms with Crippen LogP contribution in [0.3, 0.4) is 0 Å². The molecule has 3 rings (SSSR count). The Bertz CT molecular complexity index is 378. The fourth-order valence-corrected chi connectivity index (χ4v) is 4.45. The molecule has 1 aliphatic carbocycles. The molecule has 4 nitrogen and oxygen atoms in total. The van der Waals surface area contributed by atoms with Crippen LogP contribution in [0.4, 0.5) is 0 Å². The van der Waals surface area contributed by atoms with Gasteiger partial charge in [0.25, 0.3) is 0 Å². The molecule has 3 N–H and O–H groups in total. The molecule has 6 heteroatoms. The first-order valence-corrected chi connectivity index (χ1v) is 8.39. The number of nitrogens with two attached hydrogens (primary N) is 1. The highest BCUT2D eigenvalue weighted by molar-refractivity contribution is 5.85. The minimum absolute atomic E-state index is 0. The Balaban J connectivity index is 0.00000121. The third-order valence-corrected chi connectivity index (χ3v) is 5.74. The van der Waals surface area contributed by atoms with Crippen molar-refractivity contribution in [1.29, 1.82) is 0 Å². The molecule has 1 amide bonds. The van der Waals surface area contributed by atoms with Gasteiger partial charge in [-0.3, -0.25) is 4.79 Å². The van der Waals surface area contributed by atoms with E-state index in [1.165, 1.54) is 19.4 Å². The maximum absolute atomic E-state index is 12.6. The monoisotopic (exact) mass is 351 g/mol. The van der Waals surface area contributed by atoms with E-state index in [9.17, 15) is 4.79 Å². The largest absolute Gasteiger partial charge is 0.353 e. The first-order valence-electron chi connectivity index (χ1n) is 8.39. The third-order valence-electron chi connectivity index (χ3n) is 5.74. The number of amides is 1. The predicted octanol–water partition coefficient (Wildman–Crippen LogP) is 2.48. The molecular formula is C16H31Cl2N3O. The molecule has 2 heterocycles. The van der Waals surface area contributed by atoms with Gasteiger partial charge in [-0.15, -0.1) is 24.8 Å². The first kappa shape index (κ1) is 20.0. The minimum atomic E-state index is -0.309. The molecule has 4 unspecified atom stereocenters. The second-order valence-electron chi connectivity index (χ2n) is 7.37. The Kier molecular flexibility index (Phi) is 7.44. The fraction of sp³-hybridized carbons (Fsp3) is 0.938. The molecule has 0 aromatic rings. The van der Waals surface area contributed by atoms with Gasteiger partial charge in [0, 0.05) is 24.2 Å². The van der Waals surface area contributed by atoms with E-state index in [0.717, 1.165) is 45.1 Å². The van der Waals surface area contributed by atoms with Gasteiger partial charge in [0.05, 0.1) is 5.92 Å². The van der Waals surface area contributed by atoms with Crippen LogP contribution < -0.4 is 11.1 Å². The highest BCUT2D eigenvalue weighted by Crippen LogP contribution is 2.32. The van der Waals surface area contributed by atoms with E-state index >= 15 is 0 Å². The summed E-state index contributed by atoms with van der Waals surface area (Å²) in [5.74, 6) is 0.226. The zero-order valence-corrected chi connectivity index (χ0v) is 15.2. The quantitative estimate of drug-likeness (QED) is 0.803. The van der Waals surface area contributed by atoms with E-state index in [1.54, 1.807) is 0 Å². The zero-order chi connectivity index (χ0) is 14.2. The van der Waals surface area contributed by atoms with Crippen molar-refractivity contribution in [2.24, 2.45) is 11.7 Å². The van der Waals surface area contributed by atoms with Gasteiger partial charge in [0.1, 0.15) is 0 Å². The smallest absolute Gasteiger partial charge is 0.225 e. The van der Waals surface area contributed by atoms with E-state index in [-0.39, 0.29) is 42.2 Å². The van der Waals surface area contributed by atoms with Crippen molar-refractivity contribution in [3.63, 3.8) is 0 Å². The number of carbonyl (C=O) groups is 1. The Morgan fingerprint density at radius 3 is 2.64 bits per heavy atom. The summed E-state index contributed by atoms with van der Waals surface area (Å²) >= 11 is 0. The lowest BCUT2D eigenvalue weighted by atomic mass is 9.74. The van der Waals surface area contributed by atoms with Crippen LogP contribution in [0.15, 0.2) is 0 Å². The molecule has 0 aromatic heterocycles. The summed E-state index contributed by atoms with van der Waals surface area (Å²) in [5, 5.41) is 3.31. The lowest BCUT2D eigenvalue weighted by molar-refractivity contribution is -0.129. The van der Waals surface area contributed by atoms with Crippen LogP contribution in [-0.2, 0) is 4.79 Å². The van der Waals surface area contributed by atoms with Gasteiger partial charge in [0.15, 0.2) is 0 Å². The molecule has 1 saturated carbocycles. The molecule has 0 bridgehead atoms. The number of carbonyl (C=O) groups excluding carboxylic acids is 1. The van der Waals surface area contributed by atoms with Gasteiger partial charge in [-0.25, -0.2) is 0 Å². The second kappa shape index (κ2) is 8.18. The number of hydrogen-bond donors (Lipinski definition) is 2. The lowest BCUT2D eigenvalue weighted by Gasteiger charge is -2.40. The Morgan fingerprint density at radius 1 is 1.14 bits per heavy atom. The number of rotatable bonds is 2. The van der Waals surface area contributed by atoms with Crippen LogP contribution >= 0.6 is 24.8 Å². The summed E-state index contributed by atoms with van der Waals surface area (Å²) in [4.78, 5) is 15.2. The highest BCUT2D eigenvalue weighted by Gasteiger charge is 2.39. The van der Waals surface area contributed by atoms with Crippen molar-refractivity contribution in [2.45, 2.75) is 75.9 Å². The molecule has 3 aliphatic rings. The number of hydrogen-bond acceptors (Lipinski definition) is 3. The normalized spacial score (nSPS) is 38.4. The summed E-state index contributed by atoms with van der Waals surface area (Å²) in [6, 6.07) is 1.09. The zero-order valence-electron chi connectivity index (χ0n) is 13.6. The molecule has 0 spiro atoms. The predicted molar refractivity (Wildman–Crippen MR) is 94.8 cm³/mol. The maximum Gasteiger partial charge on any atom is 0.225 e. The third kappa shape index (κ3) is 4.28. The van der Waals surface area contributed by atoms with E-state index in [2.05, 4.69) is 17.1 Å². The van der Waals surface area contributed by atoms with Crippen LogP contribution in [-0.4, -0.2) is 41.5 Å². The summed E-state index contributed by atoms with van der Waals surface area (Å²) in [7, 11) is 0. The molecule has 3 fully saturated rings. The summed E-state index contributed by atoms with van der Waals surface area (Å²) in [6.45, 7) is 4.46. The van der Waals surface area contributed by atoms with E-state index in [1.807, 2.05) is 0 Å². The maximum atomic E-state index is 12.6. The number of nitrogens with zero attached hydrogens (tertiary/aromatic N) is 1. The van der Waals surface area contributed by atoms with E-state index in [4.69, 9.17) is 5.73 Å². The number of piperidine rings is 1. The van der Waals surface area contributed by atoms with Gasteiger partial charge >= 0.3 is 0 Å². The van der Waals surface area contributed by atoms with Crippen LogP contribution in [0, 0.1) is 5.92 Å². The topological polar surface area (TPSA) is 58.4 Å². The van der Waals surface area contributed by atoms with Crippen molar-refractivity contribution in [3.05, 3.63) is 0 Å². The van der Waals surface area contributed by atoms with Crippen LogP contribution in [0.1, 0.15) is 58.3 Å². The fourth-order valence-electron chi connectivity index (χ4n) is 4.45. The summed E-state index contributed by atoms with van der Waals surface area (Å²) < 4.78 is 0. The van der Waals surface area contributed by atoms with Gasteiger partial charge in [-0.1, -0.05) is 12.8 Å². The standard InChI is InChI=1S/C16H29N3O.2ClH/c1-16(17)8-3-2-6-14(16)15(20)18-12-7-10-19-9-4-5-13(19)11-12;;/h12-14H,2-11,17H2,1H3,(H,18,20);2*1H. The van der Waals surface area contributed by atoms with Gasteiger partial charge in [0.2, 0.25) is 5.91 Å². The molecule has 4 atom stereocenters. The van der Waals surface area contributed by atoms with Crippen molar-refractivity contribution in [3.8, 4) is 0 Å². The van der Waals surface area contributed by atoms with Gasteiger partial charge in [-0.05, 0) is 52.0 Å². The SMILES string of the molecule is CC1(N)CCCCC1C(=O)NC1CCN2CCCC2C1.Cl.Cl. The Labute approximate surface area is 146 Å². The van der Waals surface area contributed by atoms with Crippen LogP contribution in [0.2, 0.25) is 0 Å². The summed E-state index contributed by atoms with van der Waals surface area (Å²) in [5.41, 5.74) is 6.04. The second-order valence-corrected chi connectivity index (χ2v) is 7.37. The molecule has 2 aliphatic heterocycles. The average Bonchev–Trinajstić information content (AvgIpc) is 2.85. The van der Waals surface area contributed by atoms with Crippen molar-refractivity contribution < 1.29 is 4.79 Å². The Morgan fingerprint density at radius 2 is 1.91 bits per heavy atom. The van der Waals surface area contributed by atoms with E-state index < -0.39 is 0 Å². The van der Waals surface area contributed by atoms with Gasteiger partial charge in [-0.2, -0.15) is 0 Å².